The molecule has 1 aliphatic carbocycles. The first-order valence-electron chi connectivity index (χ1n) is 5.10. The molecule has 2 nitrogen and oxygen atoms in total. The Labute approximate surface area is 74.9 Å². The molecule has 0 aromatic carbocycles. The van der Waals surface area contributed by atoms with Crippen LogP contribution in [0.2, 0.25) is 0 Å². The molecule has 1 spiro atoms. The molecule has 1 heterocycles. The Bertz CT molecular complexity index is 175. The number of hydrogen-bond donors (Lipinski definition) is 0. The van der Waals surface area contributed by atoms with Crippen molar-refractivity contribution in [1.29, 1.82) is 0 Å². The molecule has 70 valence electrons. The van der Waals surface area contributed by atoms with Crippen molar-refractivity contribution in [3.8, 4) is 0 Å². The maximum Gasteiger partial charge on any atom is 0.122 e. The van der Waals surface area contributed by atoms with Crippen LogP contribution >= 0.6 is 0 Å². The summed E-state index contributed by atoms with van der Waals surface area (Å²) in [5.74, 6) is 0.727. The summed E-state index contributed by atoms with van der Waals surface area (Å²) in [4.78, 5) is 2.55. The van der Waals surface area contributed by atoms with Crippen LogP contribution < -0.4 is 0 Å². The van der Waals surface area contributed by atoms with Gasteiger partial charge in [0, 0.05) is 6.04 Å². The Morgan fingerprint density at radius 1 is 1.50 bits per heavy atom. The van der Waals surface area contributed by atoms with E-state index in [2.05, 4.69) is 25.7 Å². The predicted octanol–water partition coefficient (Wildman–Crippen LogP) is 1.85. The lowest BCUT2D eigenvalue weighted by atomic mass is 10.0. The Hall–Kier alpha value is -0.0800. The van der Waals surface area contributed by atoms with Crippen LogP contribution in [0.1, 0.15) is 33.6 Å². The molecule has 2 heteroatoms. The van der Waals surface area contributed by atoms with Gasteiger partial charge < -0.3 is 4.74 Å². The first kappa shape index (κ1) is 8.52. The van der Waals surface area contributed by atoms with Gasteiger partial charge in [-0.3, -0.25) is 4.90 Å². The van der Waals surface area contributed by atoms with Gasteiger partial charge in [-0.05, 0) is 25.3 Å². The van der Waals surface area contributed by atoms with E-state index in [1.807, 2.05) is 0 Å². The largest absolute Gasteiger partial charge is 0.359 e. The highest BCUT2D eigenvalue weighted by atomic mass is 16.5. The Morgan fingerprint density at radius 3 is 2.58 bits per heavy atom. The lowest BCUT2D eigenvalue weighted by Crippen LogP contribution is -2.40. The zero-order valence-corrected chi connectivity index (χ0v) is 8.34. The Kier molecular flexibility index (Phi) is 1.92. The van der Waals surface area contributed by atoms with Crippen molar-refractivity contribution in [1.82, 2.24) is 4.90 Å². The second kappa shape index (κ2) is 2.71. The van der Waals surface area contributed by atoms with E-state index in [1.165, 1.54) is 12.8 Å². The fourth-order valence-electron chi connectivity index (χ4n) is 2.33. The maximum absolute atomic E-state index is 5.85. The van der Waals surface area contributed by atoms with Crippen molar-refractivity contribution in [2.45, 2.75) is 45.4 Å². The van der Waals surface area contributed by atoms with Gasteiger partial charge in [0.25, 0.3) is 0 Å². The molecule has 0 aromatic rings. The summed E-state index contributed by atoms with van der Waals surface area (Å²) in [5.41, 5.74) is 0.198. The van der Waals surface area contributed by atoms with Crippen LogP contribution in [0.3, 0.4) is 0 Å². The van der Waals surface area contributed by atoms with Crippen molar-refractivity contribution < 1.29 is 4.74 Å². The highest BCUT2D eigenvalue weighted by molar-refractivity contribution is 5.02. The van der Waals surface area contributed by atoms with Crippen molar-refractivity contribution in [2.24, 2.45) is 5.92 Å². The van der Waals surface area contributed by atoms with E-state index in [0.29, 0.717) is 6.04 Å². The van der Waals surface area contributed by atoms with Crippen molar-refractivity contribution in [2.75, 3.05) is 13.2 Å². The van der Waals surface area contributed by atoms with Gasteiger partial charge in [0.05, 0.1) is 6.61 Å². The minimum Gasteiger partial charge on any atom is -0.359 e. The average molecular weight is 169 g/mol. The first-order chi connectivity index (χ1) is 5.69. The third-order valence-electron chi connectivity index (χ3n) is 3.23. The molecule has 0 bridgehead atoms. The topological polar surface area (TPSA) is 12.5 Å². The second-order valence-electron chi connectivity index (χ2n) is 4.35. The van der Waals surface area contributed by atoms with Gasteiger partial charge in [0.1, 0.15) is 5.72 Å². The summed E-state index contributed by atoms with van der Waals surface area (Å²) in [6, 6.07) is 0.664. The average Bonchev–Trinajstić information content (AvgIpc) is 2.64. The molecule has 1 saturated heterocycles. The van der Waals surface area contributed by atoms with Crippen LogP contribution in [0.25, 0.3) is 0 Å². The van der Waals surface area contributed by atoms with E-state index >= 15 is 0 Å². The first-order valence-corrected chi connectivity index (χ1v) is 5.10. The molecule has 2 rings (SSSR count). The summed E-state index contributed by atoms with van der Waals surface area (Å²) < 4.78 is 5.85. The SMILES string of the molecule is CCN1[C@H](C(C)C)COC12CC2. The molecule has 12 heavy (non-hydrogen) atoms. The summed E-state index contributed by atoms with van der Waals surface area (Å²) in [6.45, 7) is 8.91. The van der Waals surface area contributed by atoms with Crippen molar-refractivity contribution >= 4 is 0 Å². The normalized spacial score (nSPS) is 33.5. The van der Waals surface area contributed by atoms with Gasteiger partial charge in [-0.2, -0.15) is 0 Å². The molecule has 1 saturated carbocycles. The minimum absolute atomic E-state index is 0.198. The summed E-state index contributed by atoms with van der Waals surface area (Å²) in [6.07, 6.45) is 2.51. The zero-order chi connectivity index (χ0) is 8.77. The molecular weight excluding hydrogens is 150 g/mol. The number of hydrogen-bond acceptors (Lipinski definition) is 2. The van der Waals surface area contributed by atoms with Gasteiger partial charge in [-0.25, -0.2) is 0 Å². The minimum atomic E-state index is 0.198. The smallest absolute Gasteiger partial charge is 0.122 e. The lowest BCUT2D eigenvalue weighted by Gasteiger charge is -2.28. The molecule has 0 N–H and O–H groups in total. The summed E-state index contributed by atoms with van der Waals surface area (Å²) in [7, 11) is 0. The predicted molar refractivity (Wildman–Crippen MR) is 48.9 cm³/mol. The monoisotopic (exact) mass is 169 g/mol. The molecule has 1 atom stereocenters. The Balaban J connectivity index is 2.08. The maximum atomic E-state index is 5.85. The number of likely N-dealkylation sites (N-methyl/N-ethyl adjacent to an activating group) is 1. The van der Waals surface area contributed by atoms with Crippen LogP contribution in [0, 0.1) is 5.92 Å². The van der Waals surface area contributed by atoms with Crippen LogP contribution in [0.4, 0.5) is 0 Å². The third kappa shape index (κ3) is 1.09. The quantitative estimate of drug-likeness (QED) is 0.625. The van der Waals surface area contributed by atoms with Crippen molar-refractivity contribution in [3.63, 3.8) is 0 Å². The van der Waals surface area contributed by atoms with Crippen molar-refractivity contribution in [3.05, 3.63) is 0 Å². The molecule has 1 aliphatic heterocycles. The van der Waals surface area contributed by atoms with E-state index in [0.717, 1.165) is 19.1 Å². The summed E-state index contributed by atoms with van der Waals surface area (Å²) in [5, 5.41) is 0. The van der Waals surface area contributed by atoms with Crippen LogP contribution in [-0.4, -0.2) is 29.8 Å². The van der Waals surface area contributed by atoms with Gasteiger partial charge >= 0.3 is 0 Å². The molecule has 0 amide bonds. The molecular formula is C10H19NO. The van der Waals surface area contributed by atoms with Crippen LogP contribution in [-0.2, 0) is 4.74 Å². The van der Waals surface area contributed by atoms with Gasteiger partial charge in [0.2, 0.25) is 0 Å². The fourth-order valence-corrected chi connectivity index (χ4v) is 2.33. The highest BCUT2D eigenvalue weighted by Gasteiger charge is 2.56. The molecule has 2 fully saturated rings. The number of nitrogens with zero attached hydrogens (tertiary/aromatic N) is 1. The molecule has 0 unspecified atom stereocenters. The fraction of sp³-hybridized carbons (Fsp3) is 1.00. The molecule has 0 radical (unpaired) electrons. The molecule has 2 aliphatic rings. The van der Waals surface area contributed by atoms with E-state index in [1.54, 1.807) is 0 Å². The zero-order valence-electron chi connectivity index (χ0n) is 8.34. The Morgan fingerprint density at radius 2 is 2.17 bits per heavy atom. The van der Waals surface area contributed by atoms with E-state index < -0.39 is 0 Å². The van der Waals surface area contributed by atoms with E-state index in [-0.39, 0.29) is 5.72 Å². The molecule has 0 aromatic heterocycles. The standard InChI is InChI=1S/C10H19NO/c1-4-11-9(8(2)3)7-12-10(11)5-6-10/h8-9H,4-7H2,1-3H3/t9-/m0/s1. The lowest BCUT2D eigenvalue weighted by molar-refractivity contribution is 0.00600. The van der Waals surface area contributed by atoms with Crippen LogP contribution in [0.15, 0.2) is 0 Å². The third-order valence-corrected chi connectivity index (χ3v) is 3.23. The highest BCUT2D eigenvalue weighted by Crippen LogP contribution is 2.48. The second-order valence-corrected chi connectivity index (χ2v) is 4.35. The van der Waals surface area contributed by atoms with Crippen LogP contribution in [0.5, 0.6) is 0 Å². The number of ether oxygens (including phenoxy) is 1. The van der Waals surface area contributed by atoms with Gasteiger partial charge in [-0.15, -0.1) is 0 Å². The van der Waals surface area contributed by atoms with E-state index in [4.69, 9.17) is 4.74 Å². The summed E-state index contributed by atoms with van der Waals surface area (Å²) >= 11 is 0. The van der Waals surface area contributed by atoms with E-state index in [9.17, 15) is 0 Å². The van der Waals surface area contributed by atoms with Gasteiger partial charge in [0.15, 0.2) is 0 Å². The number of rotatable bonds is 2. The van der Waals surface area contributed by atoms with Gasteiger partial charge in [-0.1, -0.05) is 20.8 Å².